The third-order valence-electron chi connectivity index (χ3n) is 6.99. The van der Waals surface area contributed by atoms with Crippen molar-refractivity contribution in [1.29, 1.82) is 0 Å². The number of benzene rings is 1. The molecule has 1 aromatic rings. The van der Waals surface area contributed by atoms with Crippen molar-refractivity contribution in [3.63, 3.8) is 0 Å². The molecule has 28 heavy (non-hydrogen) atoms. The summed E-state index contributed by atoms with van der Waals surface area (Å²) in [5.74, 6) is -1.26. The fourth-order valence-electron chi connectivity index (χ4n) is 5.17. The number of aliphatic carboxylic acids is 1. The highest BCUT2D eigenvalue weighted by Crippen LogP contribution is 2.47. The molecule has 3 fully saturated rings. The van der Waals surface area contributed by atoms with Gasteiger partial charge in [0, 0.05) is 12.6 Å². The number of carboxylic acid groups (broad SMARTS) is 1. The number of halogens is 1. The molecule has 6 heteroatoms. The molecule has 0 unspecified atom stereocenters. The van der Waals surface area contributed by atoms with E-state index in [1.165, 1.54) is 12.1 Å². The Morgan fingerprint density at radius 2 is 1.89 bits per heavy atom. The summed E-state index contributed by atoms with van der Waals surface area (Å²) in [6.45, 7) is 3.37. The van der Waals surface area contributed by atoms with E-state index in [2.05, 4.69) is 4.90 Å². The summed E-state index contributed by atoms with van der Waals surface area (Å²) in [6, 6.07) is 6.35. The first kappa shape index (κ1) is 19.5. The largest absolute Gasteiger partial charge is 0.481 e. The molecule has 2 saturated heterocycles. The van der Waals surface area contributed by atoms with Crippen molar-refractivity contribution in [3.05, 3.63) is 35.6 Å². The molecule has 4 atom stereocenters. The lowest BCUT2D eigenvalue weighted by atomic mass is 9.79. The number of nitrogens with zero attached hydrogens (tertiary/aromatic N) is 1. The molecule has 1 saturated carbocycles. The molecule has 152 valence electrons. The van der Waals surface area contributed by atoms with Crippen LogP contribution in [0.4, 0.5) is 4.39 Å². The van der Waals surface area contributed by atoms with Gasteiger partial charge in [0.2, 0.25) is 0 Å². The molecule has 0 amide bonds. The minimum absolute atomic E-state index is 0.110. The number of carboxylic acids is 1. The van der Waals surface area contributed by atoms with Crippen LogP contribution in [-0.4, -0.2) is 53.1 Å². The molecule has 0 radical (unpaired) electrons. The highest BCUT2D eigenvalue weighted by Gasteiger charge is 2.52. The highest BCUT2D eigenvalue weighted by molar-refractivity contribution is 5.86. The summed E-state index contributed by atoms with van der Waals surface area (Å²) in [4.78, 5) is 26.4. The van der Waals surface area contributed by atoms with Gasteiger partial charge in [0.05, 0.1) is 12.5 Å². The number of ketones is 1. The van der Waals surface area contributed by atoms with Crippen LogP contribution in [0.3, 0.4) is 0 Å². The van der Waals surface area contributed by atoms with E-state index in [0.29, 0.717) is 19.1 Å². The van der Waals surface area contributed by atoms with Crippen LogP contribution in [0.5, 0.6) is 0 Å². The number of hydrogen-bond acceptors (Lipinski definition) is 4. The maximum Gasteiger partial charge on any atom is 0.308 e. The van der Waals surface area contributed by atoms with Crippen molar-refractivity contribution >= 4 is 11.8 Å². The highest BCUT2D eigenvalue weighted by atomic mass is 19.1. The Kier molecular flexibility index (Phi) is 5.27. The van der Waals surface area contributed by atoms with E-state index in [1.807, 2.05) is 0 Å². The fraction of sp³-hybridized carbons (Fsp3) is 0.636. The molecule has 1 aliphatic carbocycles. The number of hydrogen-bond donors (Lipinski definition) is 1. The molecule has 0 spiro atoms. The number of piperidine rings is 1. The third-order valence-corrected chi connectivity index (χ3v) is 6.99. The lowest BCUT2D eigenvalue weighted by Gasteiger charge is -2.46. The van der Waals surface area contributed by atoms with E-state index >= 15 is 0 Å². The van der Waals surface area contributed by atoms with Gasteiger partial charge in [0.1, 0.15) is 11.4 Å². The first-order chi connectivity index (χ1) is 13.4. The van der Waals surface area contributed by atoms with Gasteiger partial charge in [-0.2, -0.15) is 0 Å². The second-order valence-corrected chi connectivity index (χ2v) is 8.61. The van der Waals surface area contributed by atoms with E-state index in [0.717, 1.165) is 44.2 Å². The Morgan fingerprint density at radius 3 is 2.43 bits per heavy atom. The van der Waals surface area contributed by atoms with Crippen LogP contribution in [0.1, 0.15) is 50.5 Å². The Balaban J connectivity index is 1.43. The molecule has 0 aromatic heterocycles. The van der Waals surface area contributed by atoms with Gasteiger partial charge in [-0.25, -0.2) is 4.39 Å². The van der Waals surface area contributed by atoms with Gasteiger partial charge in [-0.1, -0.05) is 12.1 Å². The predicted molar refractivity (Wildman–Crippen MR) is 102 cm³/mol. The quantitative estimate of drug-likeness (QED) is 0.838. The van der Waals surface area contributed by atoms with Crippen LogP contribution in [0, 0.1) is 17.7 Å². The number of carbonyl (C=O) groups is 2. The summed E-state index contributed by atoms with van der Waals surface area (Å²) in [5.41, 5.74) is 0.285. The Hall–Kier alpha value is -1.79. The molecule has 2 aliphatic heterocycles. The molecule has 5 nitrogen and oxygen atoms in total. The van der Waals surface area contributed by atoms with Crippen LogP contribution < -0.4 is 0 Å². The average molecular weight is 389 g/mol. The summed E-state index contributed by atoms with van der Waals surface area (Å²) >= 11 is 0. The minimum Gasteiger partial charge on any atom is -0.481 e. The number of likely N-dealkylation sites (tertiary alicyclic amines) is 1. The monoisotopic (exact) mass is 389 g/mol. The van der Waals surface area contributed by atoms with Crippen molar-refractivity contribution in [3.8, 4) is 0 Å². The summed E-state index contributed by atoms with van der Waals surface area (Å²) in [7, 11) is 0. The number of carbonyl (C=O) groups excluding carboxylic acids is 1. The van der Waals surface area contributed by atoms with Crippen molar-refractivity contribution in [2.45, 2.75) is 56.6 Å². The van der Waals surface area contributed by atoms with Crippen molar-refractivity contribution < 1.29 is 23.8 Å². The Bertz CT molecular complexity index is 737. The zero-order chi connectivity index (χ0) is 19.9. The summed E-state index contributed by atoms with van der Waals surface area (Å²) < 4.78 is 19.4. The van der Waals surface area contributed by atoms with Crippen molar-refractivity contribution in [1.82, 2.24) is 4.90 Å². The molecular weight excluding hydrogens is 361 g/mol. The van der Waals surface area contributed by atoms with Gasteiger partial charge in [-0.05, 0) is 75.1 Å². The van der Waals surface area contributed by atoms with Gasteiger partial charge in [0.15, 0.2) is 5.78 Å². The maximum absolute atomic E-state index is 13.2. The standard InChI is InChI=1S/C22H28FNO4/c1-14(25)22(16-4-5-16)10-8-18(13-28-22)24-11-9-19(20(12-24)21(26)27)15-2-6-17(23)7-3-15/h2-3,6-7,16,18-20H,4-5,8-13H2,1H3,(H,26,27)/t18-,19+,20-,22-/m1/s1. The van der Waals surface area contributed by atoms with Crippen molar-refractivity contribution in [2.24, 2.45) is 11.8 Å². The molecule has 0 bridgehead atoms. The maximum atomic E-state index is 13.2. The normalized spacial score (nSPS) is 34.1. The third kappa shape index (κ3) is 3.60. The molecule has 4 rings (SSSR count). The van der Waals surface area contributed by atoms with Gasteiger partial charge < -0.3 is 9.84 Å². The van der Waals surface area contributed by atoms with Gasteiger partial charge in [0.25, 0.3) is 0 Å². The van der Waals surface area contributed by atoms with Gasteiger partial charge in [-0.15, -0.1) is 0 Å². The van der Waals surface area contributed by atoms with E-state index in [9.17, 15) is 19.1 Å². The van der Waals surface area contributed by atoms with Crippen molar-refractivity contribution in [2.75, 3.05) is 19.7 Å². The lowest BCUT2D eigenvalue weighted by molar-refractivity contribution is -0.162. The van der Waals surface area contributed by atoms with Gasteiger partial charge >= 0.3 is 5.97 Å². The van der Waals surface area contributed by atoms with Crippen LogP contribution in [0.25, 0.3) is 0 Å². The number of ether oxygens (including phenoxy) is 1. The molecule has 1 aromatic carbocycles. The smallest absolute Gasteiger partial charge is 0.308 e. The van der Waals surface area contributed by atoms with Crippen LogP contribution in [-0.2, 0) is 14.3 Å². The topological polar surface area (TPSA) is 66.8 Å². The zero-order valence-electron chi connectivity index (χ0n) is 16.3. The van der Waals surface area contributed by atoms with E-state index in [1.54, 1.807) is 19.1 Å². The zero-order valence-corrected chi connectivity index (χ0v) is 16.3. The minimum atomic E-state index is -0.813. The Morgan fingerprint density at radius 1 is 1.18 bits per heavy atom. The van der Waals surface area contributed by atoms with E-state index < -0.39 is 17.5 Å². The molecule has 1 N–H and O–H groups in total. The van der Waals surface area contributed by atoms with E-state index in [-0.39, 0.29) is 23.6 Å². The first-order valence-electron chi connectivity index (χ1n) is 10.3. The molecule has 3 aliphatic rings. The van der Waals surface area contributed by atoms with E-state index in [4.69, 9.17) is 4.74 Å². The van der Waals surface area contributed by atoms with Gasteiger partial charge in [-0.3, -0.25) is 14.5 Å². The summed E-state index contributed by atoms with van der Waals surface area (Å²) in [6.07, 6.45) is 4.44. The molecule has 2 heterocycles. The second kappa shape index (κ2) is 7.56. The fourth-order valence-corrected chi connectivity index (χ4v) is 5.17. The summed E-state index contributed by atoms with van der Waals surface area (Å²) in [5, 5.41) is 9.80. The first-order valence-corrected chi connectivity index (χ1v) is 10.3. The Labute approximate surface area is 164 Å². The lowest BCUT2D eigenvalue weighted by Crippen LogP contribution is -2.55. The second-order valence-electron chi connectivity index (χ2n) is 8.61. The van der Waals surface area contributed by atoms with Crippen LogP contribution >= 0.6 is 0 Å². The SMILES string of the molecule is CC(=O)[C@@]1(C2CC2)CC[C@@H](N2CC[C@@H](c3ccc(F)cc3)[C@H](C(=O)O)C2)CO1. The molecular formula is C22H28FNO4. The predicted octanol–water partition coefficient (Wildman–Crippen LogP) is 3.23. The number of rotatable bonds is 5. The van der Waals surface area contributed by atoms with Crippen LogP contribution in [0.15, 0.2) is 24.3 Å². The average Bonchev–Trinajstić information content (AvgIpc) is 3.54. The van der Waals surface area contributed by atoms with Crippen LogP contribution in [0.2, 0.25) is 0 Å². The number of Topliss-reactive ketones (excluding diaryl/α,β-unsaturated/α-hetero) is 1.